The van der Waals surface area contributed by atoms with Gasteiger partial charge in [0.05, 0.1) is 5.54 Å². The van der Waals surface area contributed by atoms with Crippen molar-refractivity contribution in [3.05, 3.63) is 48.1 Å². The van der Waals surface area contributed by atoms with Gasteiger partial charge >= 0.3 is 0 Å². The van der Waals surface area contributed by atoms with Crippen molar-refractivity contribution in [1.29, 1.82) is 0 Å². The Balaban J connectivity index is 3.06. The van der Waals surface area contributed by atoms with E-state index in [1.54, 1.807) is 13.8 Å². The van der Waals surface area contributed by atoms with Crippen LogP contribution in [0.4, 0.5) is 8.78 Å². The lowest BCUT2D eigenvalue weighted by molar-refractivity contribution is -0.118. The predicted octanol–water partition coefficient (Wildman–Crippen LogP) is 2.50. The van der Waals surface area contributed by atoms with Crippen LogP contribution in [-0.2, 0) is 10.3 Å². The lowest BCUT2D eigenvalue weighted by atomic mass is 9.93. The van der Waals surface area contributed by atoms with Gasteiger partial charge in [0, 0.05) is 11.6 Å². The normalized spacial score (nSPS) is 11.0. The molecule has 0 fully saturated rings. The molecule has 0 bridgehead atoms. The minimum absolute atomic E-state index is 0.226. The zero-order valence-corrected chi connectivity index (χ0v) is 9.18. The van der Waals surface area contributed by atoms with E-state index >= 15 is 0 Å². The van der Waals surface area contributed by atoms with E-state index in [-0.39, 0.29) is 5.56 Å². The molecule has 0 aliphatic rings. The van der Waals surface area contributed by atoms with Gasteiger partial charge in [-0.15, -0.1) is 0 Å². The SMILES string of the molecule is C=CC(=O)NC(C)(C)c1ccc(F)cc1F. The summed E-state index contributed by atoms with van der Waals surface area (Å²) in [5.74, 6) is -1.74. The van der Waals surface area contributed by atoms with Gasteiger partial charge in [-0.05, 0) is 26.0 Å². The highest BCUT2D eigenvalue weighted by Gasteiger charge is 2.25. The Morgan fingerprint density at radius 1 is 1.44 bits per heavy atom. The maximum Gasteiger partial charge on any atom is 0.244 e. The number of carbonyl (C=O) groups is 1. The van der Waals surface area contributed by atoms with Crippen LogP contribution >= 0.6 is 0 Å². The molecule has 0 aliphatic heterocycles. The quantitative estimate of drug-likeness (QED) is 0.787. The molecule has 0 heterocycles. The van der Waals surface area contributed by atoms with Crippen LogP contribution < -0.4 is 5.32 Å². The number of rotatable bonds is 3. The second-order valence-corrected chi connectivity index (χ2v) is 3.94. The fraction of sp³-hybridized carbons (Fsp3) is 0.250. The summed E-state index contributed by atoms with van der Waals surface area (Å²) in [6.45, 7) is 6.57. The van der Waals surface area contributed by atoms with Gasteiger partial charge in [-0.2, -0.15) is 0 Å². The standard InChI is InChI=1S/C12H13F2NO/c1-4-11(16)15-12(2,3)9-6-5-8(13)7-10(9)14/h4-7H,1H2,2-3H3,(H,15,16). The summed E-state index contributed by atoms with van der Waals surface area (Å²) in [6.07, 6.45) is 1.10. The first-order chi connectivity index (χ1) is 7.36. The Labute approximate surface area is 93.0 Å². The highest BCUT2D eigenvalue weighted by molar-refractivity contribution is 5.87. The Bertz CT molecular complexity index is 427. The highest BCUT2D eigenvalue weighted by Crippen LogP contribution is 2.23. The van der Waals surface area contributed by atoms with Gasteiger partial charge in [-0.3, -0.25) is 4.79 Å². The zero-order valence-electron chi connectivity index (χ0n) is 9.18. The molecule has 0 aliphatic carbocycles. The molecule has 0 saturated carbocycles. The summed E-state index contributed by atoms with van der Waals surface area (Å²) in [5.41, 5.74) is -0.688. The summed E-state index contributed by atoms with van der Waals surface area (Å²) >= 11 is 0. The third-order valence-corrected chi connectivity index (χ3v) is 2.23. The van der Waals surface area contributed by atoms with Gasteiger partial charge in [0.2, 0.25) is 5.91 Å². The summed E-state index contributed by atoms with van der Waals surface area (Å²) in [6, 6.07) is 3.26. The van der Waals surface area contributed by atoms with Crippen molar-refractivity contribution in [2.75, 3.05) is 0 Å². The second kappa shape index (κ2) is 4.43. The van der Waals surface area contributed by atoms with Gasteiger partial charge in [0.15, 0.2) is 0 Å². The number of amides is 1. The molecule has 4 heteroatoms. The molecule has 1 aromatic carbocycles. The minimum Gasteiger partial charge on any atom is -0.344 e. The predicted molar refractivity (Wildman–Crippen MR) is 57.7 cm³/mol. The summed E-state index contributed by atoms with van der Waals surface area (Å²) in [4.78, 5) is 11.2. The van der Waals surface area contributed by atoms with Crippen molar-refractivity contribution in [1.82, 2.24) is 5.32 Å². The van der Waals surface area contributed by atoms with Gasteiger partial charge in [0.25, 0.3) is 0 Å². The fourth-order valence-electron chi connectivity index (χ4n) is 1.42. The van der Waals surface area contributed by atoms with Crippen molar-refractivity contribution in [2.45, 2.75) is 19.4 Å². The zero-order chi connectivity index (χ0) is 12.3. The summed E-state index contributed by atoms with van der Waals surface area (Å²) in [7, 11) is 0. The largest absolute Gasteiger partial charge is 0.344 e. The Kier molecular flexibility index (Phi) is 3.42. The van der Waals surface area contributed by atoms with Crippen LogP contribution in [0.2, 0.25) is 0 Å². The van der Waals surface area contributed by atoms with Crippen molar-refractivity contribution in [2.24, 2.45) is 0 Å². The van der Waals surface area contributed by atoms with E-state index in [2.05, 4.69) is 11.9 Å². The molecule has 0 aromatic heterocycles. The number of hydrogen-bond acceptors (Lipinski definition) is 1. The number of halogens is 2. The number of hydrogen-bond donors (Lipinski definition) is 1. The molecule has 0 atom stereocenters. The second-order valence-electron chi connectivity index (χ2n) is 3.94. The van der Waals surface area contributed by atoms with E-state index in [0.717, 1.165) is 18.2 Å². The third kappa shape index (κ3) is 2.66. The number of benzene rings is 1. The summed E-state index contributed by atoms with van der Waals surface area (Å²) in [5, 5.41) is 2.56. The molecule has 1 N–H and O–H groups in total. The Morgan fingerprint density at radius 2 is 2.06 bits per heavy atom. The molecule has 0 spiro atoms. The van der Waals surface area contributed by atoms with Crippen LogP contribution in [0.3, 0.4) is 0 Å². The highest BCUT2D eigenvalue weighted by atomic mass is 19.1. The molecular weight excluding hydrogens is 212 g/mol. The van der Waals surface area contributed by atoms with Crippen LogP contribution in [-0.4, -0.2) is 5.91 Å². The van der Waals surface area contributed by atoms with E-state index in [9.17, 15) is 13.6 Å². The molecule has 16 heavy (non-hydrogen) atoms. The molecule has 0 unspecified atom stereocenters. The molecule has 86 valence electrons. The van der Waals surface area contributed by atoms with E-state index in [0.29, 0.717) is 0 Å². The van der Waals surface area contributed by atoms with E-state index in [1.165, 1.54) is 6.07 Å². The first kappa shape index (κ1) is 12.4. The molecule has 1 amide bonds. The van der Waals surface area contributed by atoms with Gasteiger partial charge in [-0.1, -0.05) is 12.6 Å². The molecule has 0 radical (unpaired) electrons. The fourth-order valence-corrected chi connectivity index (χ4v) is 1.42. The third-order valence-electron chi connectivity index (χ3n) is 2.23. The van der Waals surface area contributed by atoms with E-state index in [4.69, 9.17) is 0 Å². The Morgan fingerprint density at radius 3 is 2.56 bits per heavy atom. The number of carbonyl (C=O) groups excluding carboxylic acids is 1. The van der Waals surface area contributed by atoms with Crippen LogP contribution in [0.5, 0.6) is 0 Å². The molecule has 1 aromatic rings. The molecule has 2 nitrogen and oxygen atoms in total. The maximum atomic E-state index is 13.5. The topological polar surface area (TPSA) is 29.1 Å². The van der Waals surface area contributed by atoms with Crippen LogP contribution in [0, 0.1) is 11.6 Å². The van der Waals surface area contributed by atoms with Gasteiger partial charge < -0.3 is 5.32 Å². The lowest BCUT2D eigenvalue weighted by Crippen LogP contribution is -2.40. The molecular formula is C12H13F2NO. The lowest BCUT2D eigenvalue weighted by Gasteiger charge is -2.26. The van der Waals surface area contributed by atoms with E-state index in [1.807, 2.05) is 0 Å². The van der Waals surface area contributed by atoms with Crippen molar-refractivity contribution < 1.29 is 13.6 Å². The van der Waals surface area contributed by atoms with Crippen molar-refractivity contribution in [3.63, 3.8) is 0 Å². The van der Waals surface area contributed by atoms with Crippen LogP contribution in [0.25, 0.3) is 0 Å². The van der Waals surface area contributed by atoms with Crippen molar-refractivity contribution in [3.8, 4) is 0 Å². The maximum absolute atomic E-state index is 13.5. The minimum atomic E-state index is -0.914. The monoisotopic (exact) mass is 225 g/mol. The van der Waals surface area contributed by atoms with Crippen LogP contribution in [0.1, 0.15) is 19.4 Å². The first-order valence-corrected chi connectivity index (χ1v) is 4.77. The average molecular weight is 225 g/mol. The average Bonchev–Trinajstić information content (AvgIpc) is 2.16. The first-order valence-electron chi connectivity index (χ1n) is 4.77. The Hall–Kier alpha value is -1.71. The molecule has 1 rings (SSSR count). The molecule has 0 saturated heterocycles. The van der Waals surface area contributed by atoms with Gasteiger partial charge in [-0.25, -0.2) is 8.78 Å². The van der Waals surface area contributed by atoms with Crippen LogP contribution in [0.15, 0.2) is 30.9 Å². The smallest absolute Gasteiger partial charge is 0.244 e. The van der Waals surface area contributed by atoms with Crippen molar-refractivity contribution >= 4 is 5.91 Å². The van der Waals surface area contributed by atoms with Gasteiger partial charge in [0.1, 0.15) is 11.6 Å². The number of nitrogens with one attached hydrogen (secondary N) is 1. The summed E-state index contributed by atoms with van der Waals surface area (Å²) < 4.78 is 26.2. The van der Waals surface area contributed by atoms with E-state index < -0.39 is 23.1 Å².